The van der Waals surface area contributed by atoms with Gasteiger partial charge in [0.25, 0.3) is 5.91 Å². The van der Waals surface area contributed by atoms with Crippen molar-refractivity contribution in [1.82, 2.24) is 19.7 Å². The van der Waals surface area contributed by atoms with Gasteiger partial charge < -0.3 is 14.6 Å². The number of anilines is 1. The van der Waals surface area contributed by atoms with Crippen LogP contribution in [0.2, 0.25) is 5.02 Å². The minimum absolute atomic E-state index is 0.0133. The molecular formula is C18H18ClN5O3S2. The molecule has 0 aliphatic carbocycles. The molecule has 0 bridgehead atoms. The second kappa shape index (κ2) is 9.86. The van der Waals surface area contributed by atoms with Crippen LogP contribution in [0.1, 0.15) is 13.8 Å². The van der Waals surface area contributed by atoms with Crippen LogP contribution < -0.4 is 5.32 Å². The third-order valence-corrected chi connectivity index (χ3v) is 5.78. The number of thioether (sulfide) groups is 1. The molecule has 11 heteroatoms. The maximum Gasteiger partial charge on any atom is 0.317 e. The minimum atomic E-state index is -0.966. The van der Waals surface area contributed by atoms with Gasteiger partial charge >= 0.3 is 5.97 Å². The summed E-state index contributed by atoms with van der Waals surface area (Å²) in [7, 11) is 0. The van der Waals surface area contributed by atoms with Gasteiger partial charge in [-0.2, -0.15) is 0 Å². The van der Waals surface area contributed by atoms with Crippen LogP contribution in [0.3, 0.4) is 0 Å². The molecular weight excluding hydrogens is 434 g/mol. The summed E-state index contributed by atoms with van der Waals surface area (Å²) >= 11 is 8.55. The van der Waals surface area contributed by atoms with Crippen LogP contribution in [-0.2, 0) is 20.9 Å². The summed E-state index contributed by atoms with van der Waals surface area (Å²) in [6, 6.07) is 7.09. The summed E-state index contributed by atoms with van der Waals surface area (Å²) in [5.41, 5.74) is 0. The standard InChI is InChI=1S/C18H18ClN5O3S2/c1-3-24-16(13-5-4-8-28-13)22-23-18(24)29-10-15(25)27-11(2)17(26)21-14-7-6-12(19)9-20-14/h4-9,11H,3,10H2,1-2H3,(H,20,21,26). The number of carbonyl (C=O) groups is 2. The number of aromatic nitrogens is 4. The first kappa shape index (κ1) is 21.3. The second-order valence-electron chi connectivity index (χ2n) is 5.80. The number of amides is 1. The Bertz CT molecular complexity index is 976. The quantitative estimate of drug-likeness (QED) is 0.411. The van der Waals surface area contributed by atoms with Crippen LogP contribution in [0, 0.1) is 0 Å². The van der Waals surface area contributed by atoms with Gasteiger partial charge in [0.15, 0.2) is 17.1 Å². The van der Waals surface area contributed by atoms with Crippen molar-refractivity contribution in [2.24, 2.45) is 0 Å². The molecule has 0 radical (unpaired) electrons. The molecule has 0 aliphatic rings. The molecule has 1 N–H and O–H groups in total. The van der Waals surface area contributed by atoms with Crippen LogP contribution in [-0.4, -0.2) is 43.5 Å². The molecule has 3 heterocycles. The number of halogens is 1. The minimum Gasteiger partial charge on any atom is -0.452 e. The molecule has 1 unspecified atom stereocenters. The summed E-state index contributed by atoms with van der Waals surface area (Å²) < 4.78 is 7.14. The van der Waals surface area contributed by atoms with Gasteiger partial charge in [-0.25, -0.2) is 4.98 Å². The van der Waals surface area contributed by atoms with Crippen LogP contribution >= 0.6 is 34.7 Å². The molecule has 0 saturated heterocycles. The van der Waals surface area contributed by atoms with E-state index in [2.05, 4.69) is 20.5 Å². The Kier molecular flexibility index (Phi) is 7.24. The van der Waals surface area contributed by atoms with Gasteiger partial charge in [0.2, 0.25) is 0 Å². The average molecular weight is 452 g/mol. The van der Waals surface area contributed by atoms with Crippen molar-refractivity contribution < 1.29 is 14.3 Å². The zero-order valence-electron chi connectivity index (χ0n) is 15.7. The fraction of sp³-hybridized carbons (Fsp3) is 0.278. The highest BCUT2D eigenvalue weighted by atomic mass is 35.5. The highest BCUT2D eigenvalue weighted by Gasteiger charge is 2.20. The van der Waals surface area contributed by atoms with Crippen molar-refractivity contribution in [3.05, 3.63) is 40.9 Å². The van der Waals surface area contributed by atoms with Crippen LogP contribution in [0.15, 0.2) is 41.0 Å². The lowest BCUT2D eigenvalue weighted by Gasteiger charge is -2.13. The van der Waals surface area contributed by atoms with E-state index in [0.29, 0.717) is 22.5 Å². The number of thiophene rings is 1. The van der Waals surface area contributed by atoms with Crippen molar-refractivity contribution in [3.8, 4) is 10.7 Å². The van der Waals surface area contributed by atoms with Gasteiger partial charge in [-0.05, 0) is 37.4 Å². The fourth-order valence-corrected chi connectivity index (χ4v) is 3.97. The van der Waals surface area contributed by atoms with E-state index in [9.17, 15) is 9.59 Å². The SMILES string of the molecule is CCn1c(SCC(=O)OC(C)C(=O)Nc2ccc(Cl)cn2)nnc1-c1cccs1. The molecule has 29 heavy (non-hydrogen) atoms. The zero-order chi connectivity index (χ0) is 20.8. The van der Waals surface area contributed by atoms with Crippen molar-refractivity contribution in [2.45, 2.75) is 31.7 Å². The third-order valence-electron chi connectivity index (χ3n) is 3.75. The predicted molar refractivity (Wildman–Crippen MR) is 113 cm³/mol. The van der Waals surface area contributed by atoms with E-state index in [-0.39, 0.29) is 5.75 Å². The molecule has 3 rings (SSSR count). The second-order valence-corrected chi connectivity index (χ2v) is 8.13. The maximum absolute atomic E-state index is 12.2. The van der Waals surface area contributed by atoms with E-state index in [1.54, 1.807) is 23.5 Å². The van der Waals surface area contributed by atoms with Gasteiger partial charge in [0.1, 0.15) is 5.82 Å². The lowest BCUT2D eigenvalue weighted by molar-refractivity contribution is -0.150. The molecule has 0 spiro atoms. The number of ether oxygens (including phenoxy) is 1. The number of esters is 1. The van der Waals surface area contributed by atoms with E-state index >= 15 is 0 Å². The number of carbonyl (C=O) groups excluding carboxylic acids is 2. The van der Waals surface area contributed by atoms with Gasteiger partial charge in [-0.3, -0.25) is 9.59 Å². The summed E-state index contributed by atoms with van der Waals surface area (Å²) in [6.45, 7) is 4.15. The topological polar surface area (TPSA) is 99.0 Å². The lowest BCUT2D eigenvalue weighted by Crippen LogP contribution is -2.30. The summed E-state index contributed by atoms with van der Waals surface area (Å²) in [4.78, 5) is 29.3. The molecule has 1 amide bonds. The Hall–Kier alpha value is -2.43. The largest absolute Gasteiger partial charge is 0.452 e. The van der Waals surface area contributed by atoms with Crippen molar-refractivity contribution in [3.63, 3.8) is 0 Å². The molecule has 3 aromatic rings. The third kappa shape index (κ3) is 5.55. The molecule has 1 atom stereocenters. The van der Waals surface area contributed by atoms with Crippen LogP contribution in [0.25, 0.3) is 10.7 Å². The average Bonchev–Trinajstić information content (AvgIpc) is 3.37. The fourth-order valence-electron chi connectivity index (χ4n) is 2.35. The van der Waals surface area contributed by atoms with Crippen molar-refractivity contribution in [2.75, 3.05) is 11.1 Å². The summed E-state index contributed by atoms with van der Waals surface area (Å²) in [6.07, 6.45) is 0.449. The van der Waals surface area contributed by atoms with Gasteiger partial charge in [0.05, 0.1) is 15.7 Å². The van der Waals surface area contributed by atoms with Gasteiger partial charge in [-0.15, -0.1) is 21.5 Å². The van der Waals surface area contributed by atoms with Crippen molar-refractivity contribution in [1.29, 1.82) is 0 Å². The van der Waals surface area contributed by atoms with E-state index < -0.39 is 18.0 Å². The molecule has 3 aromatic heterocycles. The lowest BCUT2D eigenvalue weighted by atomic mass is 10.3. The first-order valence-corrected chi connectivity index (χ1v) is 10.9. The highest BCUT2D eigenvalue weighted by Crippen LogP contribution is 2.27. The number of nitrogens with zero attached hydrogens (tertiary/aromatic N) is 4. The Morgan fingerprint density at radius 2 is 2.17 bits per heavy atom. The Labute approximate surface area is 180 Å². The molecule has 0 saturated carbocycles. The smallest absolute Gasteiger partial charge is 0.317 e. The van der Waals surface area contributed by atoms with Crippen LogP contribution in [0.4, 0.5) is 5.82 Å². The first-order chi connectivity index (χ1) is 14.0. The zero-order valence-corrected chi connectivity index (χ0v) is 18.1. The Morgan fingerprint density at radius 1 is 1.34 bits per heavy atom. The van der Waals surface area contributed by atoms with Crippen molar-refractivity contribution >= 4 is 52.4 Å². The highest BCUT2D eigenvalue weighted by molar-refractivity contribution is 7.99. The monoisotopic (exact) mass is 451 g/mol. The molecule has 0 fully saturated rings. The maximum atomic E-state index is 12.2. The Morgan fingerprint density at radius 3 is 2.83 bits per heavy atom. The molecule has 8 nitrogen and oxygen atoms in total. The van der Waals surface area contributed by atoms with Gasteiger partial charge in [0, 0.05) is 12.7 Å². The van der Waals surface area contributed by atoms with Crippen LogP contribution in [0.5, 0.6) is 0 Å². The predicted octanol–water partition coefficient (Wildman–Crippen LogP) is 3.74. The molecule has 152 valence electrons. The van der Waals surface area contributed by atoms with E-state index in [1.165, 1.54) is 24.9 Å². The Balaban J connectivity index is 1.53. The first-order valence-electron chi connectivity index (χ1n) is 8.69. The summed E-state index contributed by atoms with van der Waals surface area (Å²) in [5, 5.41) is 14.0. The van der Waals surface area contributed by atoms with E-state index in [1.807, 2.05) is 29.0 Å². The molecule has 0 aliphatic heterocycles. The number of rotatable bonds is 8. The van der Waals surface area contributed by atoms with E-state index in [0.717, 1.165) is 10.7 Å². The molecule has 0 aromatic carbocycles. The summed E-state index contributed by atoms with van der Waals surface area (Å²) in [5.74, 6) is 0.106. The van der Waals surface area contributed by atoms with Gasteiger partial charge in [-0.1, -0.05) is 29.4 Å². The number of nitrogens with one attached hydrogen (secondary N) is 1. The normalized spacial score (nSPS) is 11.8. The van der Waals surface area contributed by atoms with E-state index in [4.69, 9.17) is 16.3 Å². The number of pyridine rings is 1. The number of hydrogen-bond donors (Lipinski definition) is 1. The number of hydrogen-bond acceptors (Lipinski definition) is 8.